The monoisotopic (exact) mass is 369 g/mol. The number of nitrogens with zero attached hydrogens (tertiary/aromatic N) is 3. The van der Waals surface area contributed by atoms with Crippen LogP contribution in [0.2, 0.25) is 0 Å². The van der Waals surface area contributed by atoms with Gasteiger partial charge >= 0.3 is 0 Å². The van der Waals surface area contributed by atoms with Crippen LogP contribution < -0.4 is 10.6 Å². The molecule has 0 radical (unpaired) electrons. The molecule has 8 nitrogen and oxygen atoms in total. The van der Waals surface area contributed by atoms with Crippen LogP contribution in [0.1, 0.15) is 40.6 Å². The average Bonchev–Trinajstić information content (AvgIpc) is 3.34. The molecule has 1 saturated carbocycles. The summed E-state index contributed by atoms with van der Waals surface area (Å²) in [6.07, 6.45) is 2.32. The smallest absolute Gasteiger partial charge is 0.251 e. The van der Waals surface area contributed by atoms with Crippen LogP contribution in [0, 0.1) is 0 Å². The molecule has 3 aromatic rings. The minimum Gasteiger partial charge on any atom is -0.383 e. The Morgan fingerprint density at radius 3 is 3.00 bits per heavy atom. The van der Waals surface area contributed by atoms with Crippen LogP contribution >= 0.6 is 0 Å². The summed E-state index contributed by atoms with van der Waals surface area (Å²) in [4.78, 5) is 17.0. The molecule has 1 aromatic carbocycles. The van der Waals surface area contributed by atoms with Gasteiger partial charge in [-0.05, 0) is 31.0 Å². The van der Waals surface area contributed by atoms with Gasteiger partial charge in [0.2, 0.25) is 5.95 Å². The van der Waals surface area contributed by atoms with Crippen molar-refractivity contribution < 1.29 is 14.1 Å². The van der Waals surface area contributed by atoms with Crippen LogP contribution in [0.25, 0.3) is 11.0 Å². The first-order valence-corrected chi connectivity index (χ1v) is 9.08. The van der Waals surface area contributed by atoms with Crippen molar-refractivity contribution in [1.29, 1.82) is 0 Å². The third-order valence-corrected chi connectivity index (χ3v) is 4.72. The average molecular weight is 369 g/mol. The largest absolute Gasteiger partial charge is 0.383 e. The number of benzene rings is 1. The molecule has 4 rings (SSSR count). The number of hydrogen-bond donors (Lipinski definition) is 2. The summed E-state index contributed by atoms with van der Waals surface area (Å²) in [7, 11) is 3.60. The molecule has 142 valence electrons. The number of fused-ring (bicyclic) bond motifs is 1. The lowest BCUT2D eigenvalue weighted by Gasteiger charge is -2.05. The summed E-state index contributed by atoms with van der Waals surface area (Å²) < 4.78 is 12.3. The molecule has 0 spiro atoms. The van der Waals surface area contributed by atoms with Crippen molar-refractivity contribution in [3.8, 4) is 0 Å². The molecule has 8 heteroatoms. The molecule has 1 fully saturated rings. The highest BCUT2D eigenvalue weighted by Crippen LogP contribution is 2.40. The fraction of sp³-hybridized carbons (Fsp3) is 0.421. The molecule has 2 heterocycles. The molecular weight excluding hydrogens is 346 g/mol. The van der Waals surface area contributed by atoms with Crippen LogP contribution in [0.4, 0.5) is 5.95 Å². The van der Waals surface area contributed by atoms with Gasteiger partial charge in [0, 0.05) is 38.2 Å². The molecule has 1 aliphatic carbocycles. The van der Waals surface area contributed by atoms with E-state index in [0.29, 0.717) is 31.2 Å². The van der Waals surface area contributed by atoms with E-state index in [4.69, 9.17) is 9.26 Å². The quantitative estimate of drug-likeness (QED) is 0.592. The second-order valence-corrected chi connectivity index (χ2v) is 6.80. The fourth-order valence-corrected chi connectivity index (χ4v) is 3.01. The zero-order valence-corrected chi connectivity index (χ0v) is 15.5. The molecule has 1 amide bonds. The number of anilines is 1. The molecule has 0 atom stereocenters. The second kappa shape index (κ2) is 7.40. The lowest BCUT2D eigenvalue weighted by atomic mass is 10.2. The Hall–Kier alpha value is -2.87. The van der Waals surface area contributed by atoms with Gasteiger partial charge in [0.25, 0.3) is 5.91 Å². The number of methoxy groups -OCH3 is 1. The zero-order chi connectivity index (χ0) is 18.8. The van der Waals surface area contributed by atoms with Crippen LogP contribution in [0.5, 0.6) is 0 Å². The maximum atomic E-state index is 12.5. The number of nitrogens with one attached hydrogen (secondary N) is 2. The molecule has 0 bridgehead atoms. The van der Waals surface area contributed by atoms with E-state index in [9.17, 15) is 4.79 Å². The molecule has 0 unspecified atom stereocenters. The summed E-state index contributed by atoms with van der Waals surface area (Å²) in [6.45, 7) is 1.61. The van der Waals surface area contributed by atoms with E-state index in [1.165, 1.54) is 0 Å². The van der Waals surface area contributed by atoms with Gasteiger partial charge in [-0.25, -0.2) is 4.98 Å². The maximum Gasteiger partial charge on any atom is 0.251 e. The van der Waals surface area contributed by atoms with Crippen molar-refractivity contribution in [2.24, 2.45) is 7.05 Å². The van der Waals surface area contributed by atoms with E-state index in [-0.39, 0.29) is 5.91 Å². The number of rotatable bonds is 8. The molecule has 2 aromatic heterocycles. The van der Waals surface area contributed by atoms with Crippen molar-refractivity contribution >= 4 is 22.9 Å². The summed E-state index contributed by atoms with van der Waals surface area (Å²) in [5.74, 6) is 2.02. The fourth-order valence-electron chi connectivity index (χ4n) is 3.01. The third kappa shape index (κ3) is 3.80. The van der Waals surface area contributed by atoms with E-state index in [1.54, 1.807) is 19.2 Å². The normalized spacial score (nSPS) is 13.9. The number of ether oxygens (including phenoxy) is 1. The Labute approximate surface area is 156 Å². The van der Waals surface area contributed by atoms with Gasteiger partial charge in [-0.2, -0.15) is 0 Å². The SMILES string of the molecule is COCCNc1nc2cc(C(=O)NCc3cc(C4CC4)on3)ccc2n1C. The van der Waals surface area contributed by atoms with E-state index in [1.807, 2.05) is 23.7 Å². The summed E-state index contributed by atoms with van der Waals surface area (Å²) in [6, 6.07) is 7.43. The Morgan fingerprint density at radius 2 is 2.22 bits per heavy atom. The minimum absolute atomic E-state index is 0.160. The van der Waals surface area contributed by atoms with Crippen molar-refractivity contribution in [2.45, 2.75) is 25.3 Å². The Morgan fingerprint density at radius 1 is 1.37 bits per heavy atom. The first-order chi connectivity index (χ1) is 13.2. The van der Waals surface area contributed by atoms with Crippen molar-refractivity contribution in [3.05, 3.63) is 41.3 Å². The number of carbonyl (C=O) groups is 1. The Bertz CT molecular complexity index is 958. The number of amides is 1. The van der Waals surface area contributed by atoms with Gasteiger partial charge in [-0.1, -0.05) is 5.16 Å². The maximum absolute atomic E-state index is 12.5. The highest BCUT2D eigenvalue weighted by molar-refractivity contribution is 5.97. The standard InChI is InChI=1S/C19H23N5O3/c1-24-16-6-5-13(9-15(16)22-19(24)20-7-8-26-2)18(25)21-11-14-10-17(27-23-14)12-3-4-12/h5-6,9-10,12H,3-4,7-8,11H2,1-2H3,(H,20,22)(H,21,25). The van der Waals surface area contributed by atoms with Gasteiger partial charge < -0.3 is 24.5 Å². The number of carbonyl (C=O) groups excluding carboxylic acids is 1. The molecule has 2 N–H and O–H groups in total. The third-order valence-electron chi connectivity index (χ3n) is 4.72. The predicted molar refractivity (Wildman–Crippen MR) is 101 cm³/mol. The van der Waals surface area contributed by atoms with Gasteiger partial charge in [0.15, 0.2) is 0 Å². The van der Waals surface area contributed by atoms with Crippen molar-refractivity contribution in [1.82, 2.24) is 20.0 Å². The van der Waals surface area contributed by atoms with Crippen LogP contribution in [0.3, 0.4) is 0 Å². The van der Waals surface area contributed by atoms with Gasteiger partial charge in [-0.15, -0.1) is 0 Å². The summed E-state index contributed by atoms with van der Waals surface area (Å²) >= 11 is 0. The lowest BCUT2D eigenvalue weighted by molar-refractivity contribution is 0.0950. The summed E-state index contributed by atoms with van der Waals surface area (Å²) in [5.41, 5.74) is 3.03. The Balaban J connectivity index is 1.43. The molecule has 27 heavy (non-hydrogen) atoms. The van der Waals surface area contributed by atoms with E-state index in [0.717, 1.165) is 41.3 Å². The van der Waals surface area contributed by atoms with E-state index >= 15 is 0 Å². The predicted octanol–water partition coefficient (Wildman–Crippen LogP) is 2.43. The lowest BCUT2D eigenvalue weighted by Crippen LogP contribution is -2.22. The van der Waals surface area contributed by atoms with Crippen molar-refractivity contribution in [2.75, 3.05) is 25.6 Å². The van der Waals surface area contributed by atoms with Gasteiger partial charge in [0.1, 0.15) is 11.5 Å². The highest BCUT2D eigenvalue weighted by Gasteiger charge is 2.27. The van der Waals surface area contributed by atoms with Crippen LogP contribution in [-0.2, 0) is 18.3 Å². The van der Waals surface area contributed by atoms with E-state index < -0.39 is 0 Å². The van der Waals surface area contributed by atoms with Crippen LogP contribution in [0.15, 0.2) is 28.8 Å². The highest BCUT2D eigenvalue weighted by atomic mass is 16.5. The first kappa shape index (κ1) is 17.5. The molecular formula is C19H23N5O3. The number of aryl methyl sites for hydroxylation is 1. The number of imidazole rings is 1. The molecule has 0 saturated heterocycles. The van der Waals surface area contributed by atoms with Crippen molar-refractivity contribution in [3.63, 3.8) is 0 Å². The Kier molecular flexibility index (Phi) is 4.81. The number of hydrogen-bond acceptors (Lipinski definition) is 6. The summed E-state index contributed by atoms with van der Waals surface area (Å²) in [5, 5.41) is 10.1. The molecule has 0 aliphatic heterocycles. The molecule has 1 aliphatic rings. The minimum atomic E-state index is -0.160. The van der Waals surface area contributed by atoms with Gasteiger partial charge in [0.05, 0.1) is 24.2 Å². The topological polar surface area (TPSA) is 94.2 Å². The first-order valence-electron chi connectivity index (χ1n) is 9.08. The van der Waals surface area contributed by atoms with E-state index in [2.05, 4.69) is 20.8 Å². The second-order valence-electron chi connectivity index (χ2n) is 6.80. The zero-order valence-electron chi connectivity index (χ0n) is 15.5. The van der Waals surface area contributed by atoms with Gasteiger partial charge in [-0.3, -0.25) is 4.79 Å². The van der Waals surface area contributed by atoms with Crippen LogP contribution in [-0.4, -0.2) is 40.9 Å². The number of aromatic nitrogens is 3.